The Balaban J connectivity index is 3.08. The minimum atomic E-state index is -0.978. The fraction of sp³-hybridized carbons (Fsp3) is 0. The molecule has 0 spiro atoms. The molecule has 0 saturated heterocycles. The molecule has 0 amide bonds. The number of carboxylic acids is 1. The second-order valence-electron chi connectivity index (χ2n) is 1.35. The first-order valence-corrected chi connectivity index (χ1v) is 3.31. The molecule has 0 fully saturated rings. The molecule has 0 aromatic carbocycles. The van der Waals surface area contributed by atoms with Crippen LogP contribution in [0, 0.1) is 0 Å². The fourth-order valence-corrected chi connectivity index (χ4v) is 1.17. The van der Waals surface area contributed by atoms with Crippen molar-refractivity contribution in [1.82, 2.24) is 4.37 Å². The number of carboxylic acid groups (broad SMARTS) is 1. The summed E-state index contributed by atoms with van der Waals surface area (Å²) in [6, 6.07) is 0. The average Bonchev–Trinajstić information content (AvgIpc) is 2.13. The van der Waals surface area contributed by atoms with Crippen molar-refractivity contribution in [2.45, 2.75) is 4.21 Å². The summed E-state index contributed by atoms with van der Waals surface area (Å²) in [5.74, 6) is -0.978. The summed E-state index contributed by atoms with van der Waals surface area (Å²) < 4.78 is 4.07. The van der Waals surface area contributed by atoms with Crippen LogP contribution in [0.3, 0.4) is 0 Å². The number of carbonyl (C=O) groups is 1. The van der Waals surface area contributed by atoms with Gasteiger partial charge >= 0.3 is 5.97 Å². The van der Waals surface area contributed by atoms with Crippen molar-refractivity contribution in [1.29, 1.82) is 0 Å². The third-order valence-electron chi connectivity index (χ3n) is 0.782. The molecule has 1 rings (SSSR count). The quantitative estimate of drug-likeness (QED) is 0.607. The van der Waals surface area contributed by atoms with E-state index in [4.69, 9.17) is 5.11 Å². The molecule has 0 radical (unpaired) electrons. The van der Waals surface area contributed by atoms with Gasteiger partial charge in [-0.2, -0.15) is 4.37 Å². The van der Waals surface area contributed by atoms with E-state index in [-0.39, 0.29) is 5.56 Å². The highest BCUT2D eigenvalue weighted by molar-refractivity contribution is 7.82. The third-order valence-corrected chi connectivity index (χ3v) is 1.87. The minimum absolute atomic E-state index is 0.170. The highest BCUT2D eigenvalue weighted by Gasteiger charge is 2.07. The number of thiol groups is 1. The van der Waals surface area contributed by atoms with Gasteiger partial charge in [-0.25, -0.2) is 4.79 Å². The number of aromatic nitrogens is 1. The zero-order chi connectivity index (χ0) is 6.85. The predicted molar refractivity (Wildman–Crippen MR) is 36.3 cm³/mol. The van der Waals surface area contributed by atoms with E-state index in [1.165, 1.54) is 6.20 Å². The first-order valence-electron chi connectivity index (χ1n) is 2.08. The van der Waals surface area contributed by atoms with Crippen LogP contribution in [-0.2, 0) is 0 Å². The van der Waals surface area contributed by atoms with Crippen LogP contribution in [0.15, 0.2) is 10.4 Å². The molecular weight excluding hydrogens is 158 g/mol. The molecule has 0 aliphatic heterocycles. The van der Waals surface area contributed by atoms with E-state index in [1.54, 1.807) is 0 Å². The second kappa shape index (κ2) is 2.36. The van der Waals surface area contributed by atoms with Crippen LogP contribution >= 0.6 is 24.2 Å². The number of aromatic carboxylic acids is 1. The molecule has 5 heteroatoms. The molecule has 1 aromatic rings. The van der Waals surface area contributed by atoms with Crippen LogP contribution in [0.1, 0.15) is 10.4 Å². The van der Waals surface area contributed by atoms with Crippen LogP contribution in [-0.4, -0.2) is 15.4 Å². The van der Waals surface area contributed by atoms with Gasteiger partial charge in [0.05, 0.1) is 10.4 Å². The van der Waals surface area contributed by atoms with E-state index in [9.17, 15) is 4.79 Å². The van der Waals surface area contributed by atoms with Crippen molar-refractivity contribution in [3.63, 3.8) is 0 Å². The molecule has 1 N–H and O–H groups in total. The number of rotatable bonds is 1. The van der Waals surface area contributed by atoms with E-state index < -0.39 is 5.97 Å². The molecule has 9 heavy (non-hydrogen) atoms. The summed E-state index contributed by atoms with van der Waals surface area (Å²) in [5.41, 5.74) is 0.170. The van der Waals surface area contributed by atoms with E-state index in [2.05, 4.69) is 17.0 Å². The highest BCUT2D eigenvalue weighted by atomic mass is 32.2. The zero-order valence-electron chi connectivity index (χ0n) is 4.24. The molecule has 0 unspecified atom stereocenters. The minimum Gasteiger partial charge on any atom is -0.478 e. The second-order valence-corrected chi connectivity index (χ2v) is 2.90. The molecule has 48 valence electrons. The van der Waals surface area contributed by atoms with Crippen LogP contribution in [0.2, 0.25) is 0 Å². The first kappa shape index (κ1) is 6.57. The largest absolute Gasteiger partial charge is 0.478 e. The van der Waals surface area contributed by atoms with Gasteiger partial charge in [-0.3, -0.25) is 0 Å². The zero-order valence-corrected chi connectivity index (χ0v) is 5.95. The topological polar surface area (TPSA) is 50.2 Å². The Hall–Kier alpha value is -0.550. The Kier molecular flexibility index (Phi) is 1.73. The fourth-order valence-electron chi connectivity index (χ4n) is 0.380. The molecule has 0 bridgehead atoms. The van der Waals surface area contributed by atoms with Crippen molar-refractivity contribution in [2.24, 2.45) is 0 Å². The smallest absolute Gasteiger partial charge is 0.339 e. The highest BCUT2D eigenvalue weighted by Crippen LogP contribution is 2.16. The maximum atomic E-state index is 10.2. The van der Waals surface area contributed by atoms with Gasteiger partial charge in [-0.05, 0) is 11.5 Å². The Morgan fingerprint density at radius 2 is 2.56 bits per heavy atom. The molecule has 0 aliphatic rings. The van der Waals surface area contributed by atoms with Gasteiger partial charge in [0, 0.05) is 0 Å². The summed E-state index contributed by atoms with van der Waals surface area (Å²) in [6.07, 6.45) is 1.29. The predicted octanol–water partition coefficient (Wildman–Crippen LogP) is 1.13. The number of hydrogen-bond acceptors (Lipinski definition) is 4. The van der Waals surface area contributed by atoms with Gasteiger partial charge < -0.3 is 5.11 Å². The standard InChI is InChI=1S/C4H3NO2S2/c6-3(7)2-1-5-9-4(2)8/h1,8H,(H,6,7). The molecular formula is C4H3NO2S2. The molecule has 0 atom stereocenters. The van der Waals surface area contributed by atoms with Gasteiger partial charge in [-0.15, -0.1) is 12.6 Å². The summed E-state index contributed by atoms with van der Waals surface area (Å²) in [7, 11) is 0. The Morgan fingerprint density at radius 3 is 2.78 bits per heavy atom. The van der Waals surface area contributed by atoms with E-state index in [0.717, 1.165) is 11.5 Å². The normalized spacial score (nSPS) is 9.44. The molecule has 0 saturated carbocycles. The van der Waals surface area contributed by atoms with Crippen molar-refractivity contribution >= 4 is 30.1 Å². The van der Waals surface area contributed by atoms with E-state index in [0.29, 0.717) is 4.21 Å². The maximum absolute atomic E-state index is 10.2. The Labute approximate surface area is 60.9 Å². The first-order chi connectivity index (χ1) is 4.22. The lowest BCUT2D eigenvalue weighted by molar-refractivity contribution is 0.0694. The third kappa shape index (κ3) is 1.22. The van der Waals surface area contributed by atoms with Crippen molar-refractivity contribution in [3.05, 3.63) is 11.8 Å². The van der Waals surface area contributed by atoms with Crippen LogP contribution in [0.5, 0.6) is 0 Å². The molecule has 0 aliphatic carbocycles. The van der Waals surface area contributed by atoms with Crippen LogP contribution < -0.4 is 0 Å². The summed E-state index contributed by atoms with van der Waals surface area (Å²) in [5, 5.41) is 8.37. The lowest BCUT2D eigenvalue weighted by Gasteiger charge is -1.83. The van der Waals surface area contributed by atoms with Gasteiger partial charge in [-0.1, -0.05) is 0 Å². The SMILES string of the molecule is O=C(O)c1cnsc1S. The monoisotopic (exact) mass is 161 g/mol. The number of nitrogens with zero attached hydrogens (tertiary/aromatic N) is 1. The average molecular weight is 161 g/mol. The van der Waals surface area contributed by atoms with Crippen molar-refractivity contribution < 1.29 is 9.90 Å². The number of hydrogen-bond donors (Lipinski definition) is 2. The van der Waals surface area contributed by atoms with E-state index >= 15 is 0 Å². The van der Waals surface area contributed by atoms with Gasteiger partial charge in [0.1, 0.15) is 5.56 Å². The maximum Gasteiger partial charge on any atom is 0.339 e. The summed E-state index contributed by atoms with van der Waals surface area (Å²) in [6.45, 7) is 0. The lowest BCUT2D eigenvalue weighted by atomic mass is 10.4. The molecule has 1 aromatic heterocycles. The van der Waals surface area contributed by atoms with Crippen LogP contribution in [0.25, 0.3) is 0 Å². The molecule has 1 heterocycles. The Morgan fingerprint density at radius 1 is 1.89 bits per heavy atom. The Bertz CT molecular complexity index is 232. The van der Waals surface area contributed by atoms with Gasteiger partial charge in [0.15, 0.2) is 0 Å². The summed E-state index contributed by atoms with van der Waals surface area (Å²) >= 11 is 4.93. The lowest BCUT2D eigenvalue weighted by Crippen LogP contribution is -1.93. The molecule has 3 nitrogen and oxygen atoms in total. The van der Waals surface area contributed by atoms with Gasteiger partial charge in [0.2, 0.25) is 0 Å². The van der Waals surface area contributed by atoms with Crippen LogP contribution in [0.4, 0.5) is 0 Å². The van der Waals surface area contributed by atoms with Gasteiger partial charge in [0.25, 0.3) is 0 Å². The summed E-state index contributed by atoms with van der Waals surface area (Å²) in [4.78, 5) is 10.2. The van der Waals surface area contributed by atoms with E-state index in [1.807, 2.05) is 0 Å². The van der Waals surface area contributed by atoms with Crippen molar-refractivity contribution in [3.8, 4) is 0 Å². The van der Waals surface area contributed by atoms with Crippen molar-refractivity contribution in [2.75, 3.05) is 0 Å².